The summed E-state index contributed by atoms with van der Waals surface area (Å²) in [6, 6.07) is 3.94. The maximum Gasteiger partial charge on any atom is 0.337 e. The molecule has 9 heteroatoms. The van der Waals surface area contributed by atoms with Crippen LogP contribution in [0.15, 0.2) is 18.2 Å². The monoisotopic (exact) mass is 428 g/mol. The molecule has 0 saturated heterocycles. The minimum absolute atomic E-state index is 0.0307. The van der Waals surface area contributed by atoms with E-state index in [-0.39, 0.29) is 11.1 Å². The Bertz CT molecular complexity index is 1120. The van der Waals surface area contributed by atoms with E-state index >= 15 is 0 Å². The zero-order valence-corrected chi connectivity index (χ0v) is 17.8. The van der Waals surface area contributed by atoms with Gasteiger partial charge in [-0.05, 0) is 56.8 Å². The fourth-order valence-electron chi connectivity index (χ4n) is 4.17. The van der Waals surface area contributed by atoms with Crippen LogP contribution in [0.3, 0.4) is 0 Å². The van der Waals surface area contributed by atoms with Gasteiger partial charge in [0.05, 0.1) is 11.1 Å². The predicted molar refractivity (Wildman–Crippen MR) is 115 cm³/mol. The van der Waals surface area contributed by atoms with E-state index < -0.39 is 29.8 Å². The molecular weight excluding hydrogens is 403 g/mol. The molecule has 1 atom stereocenters. The van der Waals surface area contributed by atoms with Crippen LogP contribution in [0.2, 0.25) is 0 Å². The fourth-order valence-corrected chi connectivity index (χ4v) is 4.17. The number of carbonyl (C=O) groups is 3. The number of nitrogens with two attached hydrogens (primary N) is 1. The lowest BCUT2D eigenvalue weighted by atomic mass is 10.0. The van der Waals surface area contributed by atoms with Crippen LogP contribution in [-0.4, -0.2) is 45.4 Å². The number of anilines is 1. The highest BCUT2D eigenvalue weighted by molar-refractivity contribution is 6.35. The van der Waals surface area contributed by atoms with Crippen molar-refractivity contribution in [2.75, 3.05) is 18.4 Å². The summed E-state index contributed by atoms with van der Waals surface area (Å²) in [4.78, 5) is 38.8. The third-order valence-electron chi connectivity index (χ3n) is 5.66. The molecule has 4 N–H and O–H groups in total. The standard InChI is InChI=1S/C22H25FN4O4/c1-5-26(6-2)21(19(24)28)27-12(4)18(22(30)31)11(3)17(27)10-15-14-9-13(23)7-8-16(14)25-20(15)29/h7-10,21H,5-6H2,1-4H3,(H2,24,28)(H,25,29)(H,30,31). The number of aromatic carboxylic acids is 1. The highest BCUT2D eigenvalue weighted by Crippen LogP contribution is 2.36. The van der Waals surface area contributed by atoms with Gasteiger partial charge in [0.1, 0.15) is 5.82 Å². The van der Waals surface area contributed by atoms with Gasteiger partial charge in [-0.2, -0.15) is 0 Å². The Morgan fingerprint density at radius 2 is 1.94 bits per heavy atom. The second kappa shape index (κ2) is 8.35. The number of carboxylic acids is 1. The summed E-state index contributed by atoms with van der Waals surface area (Å²) >= 11 is 0. The molecule has 2 aromatic rings. The molecule has 164 valence electrons. The van der Waals surface area contributed by atoms with Crippen LogP contribution in [0, 0.1) is 19.7 Å². The van der Waals surface area contributed by atoms with Gasteiger partial charge in [-0.3, -0.25) is 14.5 Å². The van der Waals surface area contributed by atoms with Crippen LogP contribution in [0.4, 0.5) is 10.1 Å². The number of hydrogen-bond donors (Lipinski definition) is 3. The van der Waals surface area contributed by atoms with Crippen molar-refractivity contribution in [1.82, 2.24) is 9.47 Å². The number of nitrogens with one attached hydrogen (secondary N) is 1. The second-order valence-electron chi connectivity index (χ2n) is 7.35. The Hall–Kier alpha value is -3.46. The molecule has 1 aliphatic rings. The van der Waals surface area contributed by atoms with Gasteiger partial charge < -0.3 is 20.7 Å². The van der Waals surface area contributed by atoms with E-state index in [9.17, 15) is 23.9 Å². The zero-order valence-electron chi connectivity index (χ0n) is 17.8. The average Bonchev–Trinajstić information content (AvgIpc) is 3.13. The SMILES string of the molecule is CCN(CC)C(C(N)=O)n1c(C)c(C(=O)O)c(C)c1C=C1C(=O)Nc2ccc(F)cc21. The van der Waals surface area contributed by atoms with Gasteiger partial charge in [-0.25, -0.2) is 9.18 Å². The summed E-state index contributed by atoms with van der Waals surface area (Å²) in [7, 11) is 0. The first kappa shape index (κ1) is 22.2. The van der Waals surface area contributed by atoms with Crippen molar-refractivity contribution in [3.63, 3.8) is 0 Å². The van der Waals surface area contributed by atoms with Crippen molar-refractivity contribution in [2.24, 2.45) is 5.73 Å². The van der Waals surface area contributed by atoms with E-state index in [0.29, 0.717) is 41.3 Å². The number of carbonyl (C=O) groups excluding carboxylic acids is 2. The van der Waals surface area contributed by atoms with Crippen molar-refractivity contribution in [3.8, 4) is 0 Å². The number of primary amides is 1. The summed E-state index contributed by atoms with van der Waals surface area (Å²) in [5.41, 5.74) is 7.83. The topological polar surface area (TPSA) is 118 Å². The Kier molecular flexibility index (Phi) is 5.99. The molecule has 0 aliphatic carbocycles. The van der Waals surface area contributed by atoms with Crippen molar-refractivity contribution in [2.45, 2.75) is 33.9 Å². The Morgan fingerprint density at radius 3 is 2.48 bits per heavy atom. The lowest BCUT2D eigenvalue weighted by Crippen LogP contribution is -2.42. The van der Waals surface area contributed by atoms with Gasteiger partial charge >= 0.3 is 5.97 Å². The van der Waals surface area contributed by atoms with Crippen molar-refractivity contribution >= 4 is 35.1 Å². The first-order valence-corrected chi connectivity index (χ1v) is 9.93. The molecule has 0 radical (unpaired) electrons. The van der Waals surface area contributed by atoms with E-state index in [1.807, 2.05) is 13.8 Å². The fraction of sp³-hybridized carbons (Fsp3) is 0.318. The van der Waals surface area contributed by atoms with Gasteiger partial charge in [-0.1, -0.05) is 13.8 Å². The summed E-state index contributed by atoms with van der Waals surface area (Å²) < 4.78 is 15.4. The van der Waals surface area contributed by atoms with E-state index in [4.69, 9.17) is 5.73 Å². The number of benzene rings is 1. The van der Waals surface area contributed by atoms with Crippen LogP contribution in [0.25, 0.3) is 11.6 Å². The van der Waals surface area contributed by atoms with Gasteiger partial charge in [0.15, 0.2) is 6.17 Å². The van der Waals surface area contributed by atoms with Crippen molar-refractivity contribution in [1.29, 1.82) is 0 Å². The third kappa shape index (κ3) is 3.72. The molecule has 2 amide bonds. The maximum absolute atomic E-state index is 13.8. The average molecular weight is 428 g/mol. The number of fused-ring (bicyclic) bond motifs is 1. The summed E-state index contributed by atoms with van der Waals surface area (Å²) in [5, 5.41) is 12.4. The Morgan fingerprint density at radius 1 is 1.29 bits per heavy atom. The molecule has 0 bridgehead atoms. The van der Waals surface area contributed by atoms with E-state index in [1.54, 1.807) is 23.3 Å². The minimum Gasteiger partial charge on any atom is -0.478 e. The highest BCUT2D eigenvalue weighted by Gasteiger charge is 2.33. The summed E-state index contributed by atoms with van der Waals surface area (Å²) in [6.45, 7) is 7.93. The number of halogens is 1. The van der Waals surface area contributed by atoms with Gasteiger partial charge in [0.2, 0.25) is 0 Å². The molecule has 2 heterocycles. The molecule has 0 saturated carbocycles. The number of nitrogens with zero attached hydrogens (tertiary/aromatic N) is 2. The third-order valence-corrected chi connectivity index (χ3v) is 5.66. The number of amides is 2. The minimum atomic E-state index is -1.15. The first-order chi connectivity index (χ1) is 14.6. The van der Waals surface area contributed by atoms with Crippen molar-refractivity contribution < 1.29 is 23.9 Å². The predicted octanol–water partition coefficient (Wildman–Crippen LogP) is 2.76. The molecule has 3 rings (SSSR count). The smallest absolute Gasteiger partial charge is 0.337 e. The maximum atomic E-state index is 13.8. The first-order valence-electron chi connectivity index (χ1n) is 9.93. The van der Waals surface area contributed by atoms with Crippen LogP contribution in [-0.2, 0) is 9.59 Å². The van der Waals surface area contributed by atoms with Crippen LogP contribution in [0.5, 0.6) is 0 Å². The van der Waals surface area contributed by atoms with Crippen molar-refractivity contribution in [3.05, 3.63) is 52.1 Å². The molecule has 0 spiro atoms. The molecule has 8 nitrogen and oxygen atoms in total. The van der Waals surface area contributed by atoms with Crippen LogP contribution in [0.1, 0.15) is 52.9 Å². The van der Waals surface area contributed by atoms with Crippen LogP contribution < -0.4 is 11.1 Å². The summed E-state index contributed by atoms with van der Waals surface area (Å²) in [5.74, 6) is -2.76. The number of hydrogen-bond acceptors (Lipinski definition) is 4. The normalized spacial score (nSPS) is 15.3. The Balaban J connectivity index is 2.33. The molecule has 0 fully saturated rings. The molecular formula is C22H25FN4O4. The highest BCUT2D eigenvalue weighted by atomic mass is 19.1. The van der Waals surface area contributed by atoms with Gasteiger partial charge in [-0.15, -0.1) is 0 Å². The lowest BCUT2D eigenvalue weighted by molar-refractivity contribution is -0.126. The molecule has 1 unspecified atom stereocenters. The lowest BCUT2D eigenvalue weighted by Gasteiger charge is -2.30. The number of carboxylic acid groups (broad SMARTS) is 1. The van der Waals surface area contributed by atoms with Gasteiger partial charge in [0, 0.05) is 22.6 Å². The zero-order chi connectivity index (χ0) is 23.0. The Labute approximate surface area is 179 Å². The molecule has 1 aliphatic heterocycles. The summed E-state index contributed by atoms with van der Waals surface area (Å²) in [6.07, 6.45) is 0.541. The van der Waals surface area contributed by atoms with E-state index in [1.165, 1.54) is 24.3 Å². The van der Waals surface area contributed by atoms with E-state index in [0.717, 1.165) is 0 Å². The quantitative estimate of drug-likeness (QED) is 0.586. The molecule has 31 heavy (non-hydrogen) atoms. The molecule has 1 aromatic heterocycles. The number of aromatic nitrogens is 1. The molecule has 1 aromatic carbocycles. The number of rotatable bonds is 7. The van der Waals surface area contributed by atoms with E-state index in [2.05, 4.69) is 5.32 Å². The largest absolute Gasteiger partial charge is 0.478 e. The second-order valence-corrected chi connectivity index (χ2v) is 7.35. The van der Waals surface area contributed by atoms with Gasteiger partial charge in [0.25, 0.3) is 11.8 Å². The number of likely N-dealkylation sites (N-methyl/N-ethyl adjacent to an activating group) is 1. The van der Waals surface area contributed by atoms with Crippen LogP contribution >= 0.6 is 0 Å².